The number of anilines is 1. The lowest BCUT2D eigenvalue weighted by Crippen LogP contribution is -1.89. The van der Waals surface area contributed by atoms with Crippen LogP contribution in [-0.4, -0.2) is 4.98 Å². The van der Waals surface area contributed by atoms with Gasteiger partial charge in [-0.1, -0.05) is 23.4 Å². The van der Waals surface area contributed by atoms with Crippen LogP contribution in [0.2, 0.25) is 5.02 Å². The minimum absolute atomic E-state index is 0.639. The van der Waals surface area contributed by atoms with Crippen LogP contribution in [-0.2, 0) is 0 Å². The molecule has 5 heteroatoms. The minimum Gasteiger partial charge on any atom is -0.398 e. The Balaban J connectivity index is 2.23. The zero-order valence-corrected chi connectivity index (χ0v) is 11.9. The van der Waals surface area contributed by atoms with E-state index in [-0.39, 0.29) is 0 Å². The first kappa shape index (κ1) is 12.0. The quantitative estimate of drug-likeness (QED) is 0.646. The molecule has 0 spiro atoms. The van der Waals surface area contributed by atoms with Gasteiger partial charge in [-0.25, -0.2) is 4.98 Å². The number of nitrogens with zero attached hydrogens (tertiary/aromatic N) is 1. The highest BCUT2D eigenvalue weighted by Crippen LogP contribution is 2.31. The zero-order chi connectivity index (χ0) is 11.5. The molecule has 1 aromatic carbocycles. The molecule has 0 atom stereocenters. The van der Waals surface area contributed by atoms with Crippen LogP contribution >= 0.6 is 46.0 Å². The maximum Gasteiger partial charge on any atom is 0.101 e. The molecule has 0 radical (unpaired) electrons. The van der Waals surface area contributed by atoms with Crippen molar-refractivity contribution in [1.82, 2.24) is 4.98 Å². The Hall–Kier alpha value is -0.460. The molecule has 0 aliphatic heterocycles. The van der Waals surface area contributed by atoms with Gasteiger partial charge in [0.25, 0.3) is 0 Å². The van der Waals surface area contributed by atoms with Gasteiger partial charge in [-0.2, -0.15) is 0 Å². The van der Waals surface area contributed by atoms with Crippen LogP contribution in [0.15, 0.2) is 46.5 Å². The number of hydrogen-bond donors (Lipinski definition) is 1. The lowest BCUT2D eigenvalue weighted by Gasteiger charge is -2.05. The topological polar surface area (TPSA) is 38.9 Å². The van der Waals surface area contributed by atoms with Gasteiger partial charge in [-0.3, -0.25) is 0 Å². The fourth-order valence-electron chi connectivity index (χ4n) is 1.15. The van der Waals surface area contributed by atoms with Crippen molar-refractivity contribution >= 4 is 51.6 Å². The molecular formula is C11H8ClIN2S. The minimum atomic E-state index is 0.639. The molecule has 0 aliphatic rings. The lowest BCUT2D eigenvalue weighted by atomic mass is 10.3. The maximum atomic E-state index is 5.92. The number of aromatic nitrogens is 1. The number of hydrogen-bond acceptors (Lipinski definition) is 3. The predicted octanol–water partition coefficient (Wildman–Crippen LogP) is 4.07. The number of halogens is 2. The van der Waals surface area contributed by atoms with E-state index >= 15 is 0 Å². The third-order valence-electron chi connectivity index (χ3n) is 1.89. The molecular weight excluding hydrogens is 355 g/mol. The van der Waals surface area contributed by atoms with Crippen molar-refractivity contribution in [2.24, 2.45) is 0 Å². The average molecular weight is 363 g/mol. The smallest absolute Gasteiger partial charge is 0.101 e. The molecule has 2 aromatic rings. The van der Waals surface area contributed by atoms with Crippen molar-refractivity contribution in [3.05, 3.63) is 45.1 Å². The number of nitrogen functional groups attached to an aromatic ring is 1. The first-order valence-electron chi connectivity index (χ1n) is 4.49. The monoisotopic (exact) mass is 362 g/mol. The van der Waals surface area contributed by atoms with Crippen molar-refractivity contribution < 1.29 is 0 Å². The molecule has 1 aromatic heterocycles. The van der Waals surface area contributed by atoms with Gasteiger partial charge in [-0.05, 0) is 52.9 Å². The van der Waals surface area contributed by atoms with Crippen LogP contribution in [0.4, 0.5) is 5.69 Å². The number of benzene rings is 1. The van der Waals surface area contributed by atoms with E-state index in [9.17, 15) is 0 Å². The molecule has 2 N–H and O–H groups in total. The summed E-state index contributed by atoms with van der Waals surface area (Å²) < 4.78 is 1.13. The van der Waals surface area contributed by atoms with Crippen molar-refractivity contribution in [3.8, 4) is 0 Å². The highest BCUT2D eigenvalue weighted by molar-refractivity contribution is 14.1. The average Bonchev–Trinajstić information content (AvgIpc) is 2.25. The van der Waals surface area contributed by atoms with E-state index in [1.165, 1.54) is 11.8 Å². The number of nitrogens with two attached hydrogens (primary N) is 1. The van der Waals surface area contributed by atoms with Crippen molar-refractivity contribution in [3.63, 3.8) is 0 Å². The second kappa shape index (κ2) is 5.25. The summed E-state index contributed by atoms with van der Waals surface area (Å²) in [6.45, 7) is 0. The summed E-state index contributed by atoms with van der Waals surface area (Å²) in [4.78, 5) is 5.22. The Morgan fingerprint density at radius 3 is 2.69 bits per heavy atom. The molecule has 0 fully saturated rings. The van der Waals surface area contributed by atoms with Crippen molar-refractivity contribution in [1.29, 1.82) is 0 Å². The van der Waals surface area contributed by atoms with Crippen LogP contribution in [0.25, 0.3) is 0 Å². The van der Waals surface area contributed by atoms with Gasteiger partial charge in [-0.15, -0.1) is 0 Å². The van der Waals surface area contributed by atoms with Gasteiger partial charge >= 0.3 is 0 Å². The van der Waals surface area contributed by atoms with Gasteiger partial charge in [0.2, 0.25) is 0 Å². The summed E-state index contributed by atoms with van der Waals surface area (Å²) in [6, 6.07) is 9.66. The summed E-state index contributed by atoms with van der Waals surface area (Å²) >= 11 is 9.54. The molecule has 2 nitrogen and oxygen atoms in total. The first-order chi connectivity index (χ1) is 7.65. The Morgan fingerprint density at radius 2 is 2.06 bits per heavy atom. The second-order valence-electron chi connectivity index (χ2n) is 3.10. The molecule has 0 bridgehead atoms. The van der Waals surface area contributed by atoms with Crippen LogP contribution in [0.3, 0.4) is 0 Å². The number of pyridine rings is 1. The van der Waals surface area contributed by atoms with E-state index in [2.05, 4.69) is 27.6 Å². The summed E-state index contributed by atoms with van der Waals surface area (Å²) in [7, 11) is 0. The Bertz CT molecular complexity index is 502. The standard InChI is InChI=1S/C11H8ClIN2S/c12-7-1-4-11(15-6-7)16-10-3-2-8(13)5-9(10)14/h1-6H,14H2. The highest BCUT2D eigenvalue weighted by Gasteiger charge is 2.03. The SMILES string of the molecule is Nc1cc(I)ccc1Sc1ccc(Cl)cn1. The molecule has 0 unspecified atom stereocenters. The fraction of sp³-hybridized carbons (Fsp3) is 0. The molecule has 1 heterocycles. The van der Waals surface area contributed by atoms with Crippen LogP contribution in [0.1, 0.15) is 0 Å². The number of rotatable bonds is 2. The van der Waals surface area contributed by atoms with Gasteiger partial charge in [0, 0.05) is 20.3 Å². The Labute approximate surface area is 117 Å². The molecule has 0 saturated heterocycles. The van der Waals surface area contributed by atoms with Crippen molar-refractivity contribution in [2.75, 3.05) is 5.73 Å². The van der Waals surface area contributed by atoms with E-state index in [0.717, 1.165) is 19.2 Å². The van der Waals surface area contributed by atoms with Crippen molar-refractivity contribution in [2.45, 2.75) is 9.92 Å². The molecule has 16 heavy (non-hydrogen) atoms. The summed E-state index contributed by atoms with van der Waals surface area (Å²) in [5.41, 5.74) is 6.69. The predicted molar refractivity (Wildman–Crippen MR) is 76.9 cm³/mol. The normalized spacial score (nSPS) is 10.4. The van der Waals surface area contributed by atoms with Crippen LogP contribution < -0.4 is 5.73 Å². The van der Waals surface area contributed by atoms with E-state index < -0.39 is 0 Å². The third-order valence-corrected chi connectivity index (χ3v) is 3.82. The molecule has 0 aliphatic carbocycles. The highest BCUT2D eigenvalue weighted by atomic mass is 127. The van der Waals surface area contributed by atoms with E-state index in [4.69, 9.17) is 17.3 Å². The second-order valence-corrected chi connectivity index (χ2v) is 5.84. The van der Waals surface area contributed by atoms with Gasteiger partial charge < -0.3 is 5.73 Å². The Kier molecular flexibility index (Phi) is 3.94. The molecule has 82 valence electrons. The maximum absolute atomic E-state index is 5.92. The summed E-state index contributed by atoms with van der Waals surface area (Å²) in [5, 5.41) is 1.53. The molecule has 0 amide bonds. The summed E-state index contributed by atoms with van der Waals surface area (Å²) in [5.74, 6) is 0. The Morgan fingerprint density at radius 1 is 1.25 bits per heavy atom. The molecule has 0 saturated carbocycles. The van der Waals surface area contributed by atoms with Gasteiger partial charge in [0.05, 0.1) is 5.02 Å². The van der Waals surface area contributed by atoms with E-state index in [0.29, 0.717) is 5.02 Å². The van der Waals surface area contributed by atoms with Crippen LogP contribution in [0.5, 0.6) is 0 Å². The van der Waals surface area contributed by atoms with Gasteiger partial charge in [0.15, 0.2) is 0 Å². The third kappa shape index (κ3) is 3.02. The zero-order valence-electron chi connectivity index (χ0n) is 8.15. The molecule has 2 rings (SSSR count). The largest absolute Gasteiger partial charge is 0.398 e. The van der Waals surface area contributed by atoms with Gasteiger partial charge in [0.1, 0.15) is 5.03 Å². The van der Waals surface area contributed by atoms with Crippen LogP contribution in [0, 0.1) is 3.57 Å². The fourth-order valence-corrected chi connectivity index (χ4v) is 2.55. The lowest BCUT2D eigenvalue weighted by molar-refractivity contribution is 1.13. The first-order valence-corrected chi connectivity index (χ1v) is 6.77. The summed E-state index contributed by atoms with van der Waals surface area (Å²) in [6.07, 6.45) is 1.63. The van der Waals surface area contributed by atoms with E-state index in [1.54, 1.807) is 6.20 Å². The van der Waals surface area contributed by atoms with E-state index in [1.807, 2.05) is 30.3 Å².